The summed E-state index contributed by atoms with van der Waals surface area (Å²) in [5.74, 6) is 1.33. The average molecular weight is 214 g/mol. The van der Waals surface area contributed by atoms with Crippen LogP contribution in [0.25, 0.3) is 0 Å². The molecule has 0 aromatic carbocycles. The van der Waals surface area contributed by atoms with Crippen molar-refractivity contribution in [2.45, 2.75) is 12.8 Å². The summed E-state index contributed by atoms with van der Waals surface area (Å²) in [5.41, 5.74) is 0. The molecule has 1 saturated carbocycles. The van der Waals surface area contributed by atoms with Gasteiger partial charge < -0.3 is 9.47 Å². The van der Waals surface area contributed by atoms with Crippen LogP contribution in [0.2, 0.25) is 5.15 Å². The minimum absolute atomic E-state index is 0.252. The van der Waals surface area contributed by atoms with Crippen LogP contribution in [0.1, 0.15) is 12.8 Å². The second-order valence-corrected chi connectivity index (χ2v) is 3.73. The van der Waals surface area contributed by atoms with E-state index in [0.29, 0.717) is 10.9 Å². The van der Waals surface area contributed by atoms with Crippen molar-refractivity contribution in [1.29, 1.82) is 0 Å². The highest BCUT2D eigenvalue weighted by Gasteiger charge is 2.21. The van der Waals surface area contributed by atoms with Gasteiger partial charge in [-0.25, -0.2) is 4.98 Å². The van der Waals surface area contributed by atoms with Crippen molar-refractivity contribution in [1.82, 2.24) is 4.98 Å². The van der Waals surface area contributed by atoms with E-state index in [9.17, 15) is 0 Å². The number of nitrogens with zero attached hydrogens (tertiary/aromatic N) is 1. The van der Waals surface area contributed by atoms with Gasteiger partial charge in [0, 0.05) is 6.20 Å². The average Bonchev–Trinajstić information content (AvgIpc) is 2.99. The molecule has 4 heteroatoms. The minimum atomic E-state index is 0.252. The van der Waals surface area contributed by atoms with E-state index in [4.69, 9.17) is 21.1 Å². The van der Waals surface area contributed by atoms with E-state index >= 15 is 0 Å². The lowest BCUT2D eigenvalue weighted by atomic mass is 10.5. The van der Waals surface area contributed by atoms with Gasteiger partial charge in [0.05, 0.1) is 6.61 Å². The lowest BCUT2D eigenvalue weighted by Gasteiger charge is -2.06. The number of pyridine rings is 1. The summed E-state index contributed by atoms with van der Waals surface area (Å²) in [5, 5.41) is 0.377. The summed E-state index contributed by atoms with van der Waals surface area (Å²) in [6, 6.07) is 3.55. The Hall–Kier alpha value is -0.800. The number of hydrogen-bond acceptors (Lipinski definition) is 3. The molecule has 14 heavy (non-hydrogen) atoms. The highest BCUT2D eigenvalue weighted by Crippen LogP contribution is 2.28. The van der Waals surface area contributed by atoms with Crippen molar-refractivity contribution in [3.63, 3.8) is 0 Å². The Kier molecular flexibility index (Phi) is 3.22. The Bertz CT molecular complexity index is 302. The molecule has 0 radical (unpaired) electrons. The van der Waals surface area contributed by atoms with Crippen LogP contribution < -0.4 is 4.74 Å². The fraction of sp³-hybridized carbons (Fsp3) is 0.500. The lowest BCUT2D eigenvalue weighted by Crippen LogP contribution is -2.05. The van der Waals surface area contributed by atoms with Crippen LogP contribution in [0.5, 0.6) is 5.75 Å². The first-order chi connectivity index (χ1) is 6.86. The van der Waals surface area contributed by atoms with Gasteiger partial charge in [-0.05, 0) is 30.9 Å². The topological polar surface area (TPSA) is 31.4 Å². The molecule has 0 atom stereocenters. The molecule has 1 fully saturated rings. The van der Waals surface area contributed by atoms with Gasteiger partial charge in [0.2, 0.25) is 0 Å². The summed E-state index contributed by atoms with van der Waals surface area (Å²) in [6.07, 6.45) is 4.20. The highest BCUT2D eigenvalue weighted by molar-refractivity contribution is 6.30. The van der Waals surface area contributed by atoms with Crippen LogP contribution >= 0.6 is 11.6 Å². The van der Waals surface area contributed by atoms with Crippen molar-refractivity contribution < 1.29 is 9.47 Å². The third-order valence-corrected chi connectivity index (χ3v) is 2.36. The maximum absolute atomic E-state index is 5.79. The molecule has 0 spiro atoms. The van der Waals surface area contributed by atoms with Gasteiger partial charge in [-0.1, -0.05) is 11.6 Å². The molecule has 0 saturated heterocycles. The zero-order valence-corrected chi connectivity index (χ0v) is 8.54. The predicted octanol–water partition coefficient (Wildman–Crippen LogP) is 2.50. The molecule has 1 aliphatic rings. The molecule has 1 heterocycles. The third kappa shape index (κ3) is 2.86. The quantitative estimate of drug-likeness (QED) is 0.428. The van der Waals surface area contributed by atoms with Crippen LogP contribution in [-0.4, -0.2) is 18.4 Å². The minimum Gasteiger partial charge on any atom is -0.464 e. The summed E-state index contributed by atoms with van der Waals surface area (Å²) in [4.78, 5) is 3.89. The molecule has 3 nitrogen and oxygen atoms in total. The van der Waals surface area contributed by atoms with Gasteiger partial charge in [0.15, 0.2) is 17.7 Å². The molecular formula is C10H12ClNO2. The third-order valence-electron chi connectivity index (χ3n) is 2.07. The molecule has 1 aromatic heterocycles. The Morgan fingerprint density at radius 3 is 3.07 bits per heavy atom. The largest absolute Gasteiger partial charge is 0.464 e. The fourth-order valence-corrected chi connectivity index (χ4v) is 1.26. The van der Waals surface area contributed by atoms with E-state index in [1.807, 2.05) is 0 Å². The Morgan fingerprint density at radius 1 is 1.50 bits per heavy atom. The standard InChI is InChI=1S/C10H12ClNO2/c11-10-9(2-1-5-12-10)14-7-13-6-8-3-4-8/h1-2,5,8H,3-4,6-7H2. The van der Waals surface area contributed by atoms with Crippen LogP contribution in [0.15, 0.2) is 18.3 Å². The summed E-state index contributed by atoms with van der Waals surface area (Å²) in [7, 11) is 0. The number of hydrogen-bond donors (Lipinski definition) is 0. The Labute approximate surface area is 88.0 Å². The molecule has 0 amide bonds. The van der Waals surface area contributed by atoms with Crippen molar-refractivity contribution >= 4 is 11.6 Å². The predicted molar refractivity (Wildman–Crippen MR) is 53.4 cm³/mol. The highest BCUT2D eigenvalue weighted by atomic mass is 35.5. The number of rotatable bonds is 5. The van der Waals surface area contributed by atoms with Gasteiger partial charge in [-0.15, -0.1) is 0 Å². The molecule has 2 rings (SSSR count). The first-order valence-corrected chi connectivity index (χ1v) is 5.05. The van der Waals surface area contributed by atoms with Crippen molar-refractivity contribution in [3.05, 3.63) is 23.5 Å². The fourth-order valence-electron chi connectivity index (χ4n) is 1.08. The molecule has 1 aliphatic carbocycles. The van der Waals surface area contributed by atoms with Gasteiger partial charge in [-0.3, -0.25) is 0 Å². The van der Waals surface area contributed by atoms with Crippen molar-refractivity contribution in [2.24, 2.45) is 5.92 Å². The van der Waals surface area contributed by atoms with Gasteiger partial charge in [-0.2, -0.15) is 0 Å². The van der Waals surface area contributed by atoms with Gasteiger partial charge >= 0.3 is 0 Å². The monoisotopic (exact) mass is 213 g/mol. The van der Waals surface area contributed by atoms with E-state index in [1.54, 1.807) is 18.3 Å². The first kappa shape index (κ1) is 9.74. The van der Waals surface area contributed by atoms with Crippen molar-refractivity contribution in [2.75, 3.05) is 13.4 Å². The van der Waals surface area contributed by atoms with Gasteiger partial charge in [0.25, 0.3) is 0 Å². The summed E-state index contributed by atoms with van der Waals surface area (Å²) >= 11 is 5.79. The zero-order chi connectivity index (χ0) is 9.80. The van der Waals surface area contributed by atoms with Gasteiger partial charge in [0.1, 0.15) is 0 Å². The Morgan fingerprint density at radius 2 is 2.36 bits per heavy atom. The molecule has 0 aliphatic heterocycles. The second kappa shape index (κ2) is 4.62. The molecular weight excluding hydrogens is 202 g/mol. The van der Waals surface area contributed by atoms with E-state index in [1.165, 1.54) is 12.8 Å². The molecule has 76 valence electrons. The maximum atomic E-state index is 5.79. The van der Waals surface area contributed by atoms with Crippen LogP contribution in [0.3, 0.4) is 0 Å². The Balaban J connectivity index is 1.71. The first-order valence-electron chi connectivity index (χ1n) is 4.67. The van der Waals surface area contributed by atoms with Crippen LogP contribution in [-0.2, 0) is 4.74 Å². The van der Waals surface area contributed by atoms with Crippen molar-refractivity contribution in [3.8, 4) is 5.75 Å². The van der Waals surface area contributed by atoms with E-state index < -0.39 is 0 Å². The van der Waals surface area contributed by atoms with E-state index in [0.717, 1.165) is 12.5 Å². The number of ether oxygens (including phenoxy) is 2. The van der Waals surface area contributed by atoms with E-state index in [2.05, 4.69) is 4.98 Å². The summed E-state index contributed by atoms with van der Waals surface area (Å²) < 4.78 is 10.6. The SMILES string of the molecule is Clc1ncccc1OCOCC1CC1. The molecule has 1 aromatic rings. The molecule has 0 bridgehead atoms. The number of aromatic nitrogens is 1. The second-order valence-electron chi connectivity index (χ2n) is 3.37. The smallest absolute Gasteiger partial charge is 0.189 e. The summed E-state index contributed by atoms with van der Waals surface area (Å²) in [6.45, 7) is 1.04. The molecule has 0 N–H and O–H groups in total. The normalized spacial score (nSPS) is 15.5. The zero-order valence-electron chi connectivity index (χ0n) is 7.78. The van der Waals surface area contributed by atoms with Crippen LogP contribution in [0.4, 0.5) is 0 Å². The maximum Gasteiger partial charge on any atom is 0.189 e. The molecule has 0 unspecified atom stereocenters. The van der Waals surface area contributed by atoms with E-state index in [-0.39, 0.29) is 6.79 Å². The lowest BCUT2D eigenvalue weighted by molar-refractivity contribution is 0.00984. The number of halogens is 1. The van der Waals surface area contributed by atoms with Crippen LogP contribution in [0, 0.1) is 5.92 Å².